The summed E-state index contributed by atoms with van der Waals surface area (Å²) >= 11 is 0. The molecule has 0 radical (unpaired) electrons. The lowest BCUT2D eigenvalue weighted by Crippen LogP contribution is -2.48. The highest BCUT2D eigenvalue weighted by molar-refractivity contribution is 7.89. The van der Waals surface area contributed by atoms with Gasteiger partial charge in [0.2, 0.25) is 10.0 Å². The first-order chi connectivity index (χ1) is 16.9. The second-order valence-electron chi connectivity index (χ2n) is 9.44. The van der Waals surface area contributed by atoms with Crippen LogP contribution in [0.3, 0.4) is 0 Å². The van der Waals surface area contributed by atoms with Gasteiger partial charge in [-0.15, -0.1) is 0 Å². The van der Waals surface area contributed by atoms with Gasteiger partial charge in [-0.1, -0.05) is 60.2 Å². The van der Waals surface area contributed by atoms with Crippen molar-refractivity contribution in [3.63, 3.8) is 0 Å². The Hall–Kier alpha value is -3.00. The van der Waals surface area contributed by atoms with Crippen molar-refractivity contribution < 1.29 is 13.2 Å². The Morgan fingerprint density at radius 3 is 2.34 bits per heavy atom. The zero-order valence-electron chi connectivity index (χ0n) is 20.1. The fourth-order valence-corrected chi connectivity index (χ4v) is 6.44. The second-order valence-corrected chi connectivity index (χ2v) is 11.4. The highest BCUT2D eigenvalue weighted by atomic mass is 32.2. The van der Waals surface area contributed by atoms with Crippen LogP contribution >= 0.6 is 0 Å². The van der Waals surface area contributed by atoms with Gasteiger partial charge in [0.15, 0.2) is 0 Å². The molecular formula is C28H31N3O3S. The Morgan fingerprint density at radius 2 is 1.57 bits per heavy atom. The molecule has 5 rings (SSSR count). The number of aryl methyl sites for hydroxylation is 1. The zero-order chi connectivity index (χ0) is 24.4. The average molecular weight is 490 g/mol. The number of hydrogen-bond donors (Lipinski definition) is 0. The number of carbonyl (C=O) groups is 1. The molecule has 0 bridgehead atoms. The Bertz CT molecular complexity index is 1330. The highest BCUT2D eigenvalue weighted by Gasteiger charge is 2.29. The van der Waals surface area contributed by atoms with Crippen molar-refractivity contribution in [1.29, 1.82) is 0 Å². The molecule has 0 atom stereocenters. The first-order valence-electron chi connectivity index (χ1n) is 12.1. The maximum atomic E-state index is 13.4. The van der Waals surface area contributed by atoms with Crippen molar-refractivity contribution in [3.05, 3.63) is 101 Å². The second kappa shape index (κ2) is 9.93. The number of nitrogens with zero attached hydrogens (tertiary/aromatic N) is 3. The maximum Gasteiger partial charge on any atom is 0.253 e. The zero-order valence-corrected chi connectivity index (χ0v) is 20.9. The van der Waals surface area contributed by atoms with E-state index in [0.717, 1.165) is 25.2 Å². The number of piperazine rings is 1. The smallest absolute Gasteiger partial charge is 0.253 e. The first-order valence-corrected chi connectivity index (χ1v) is 13.6. The quantitative estimate of drug-likeness (QED) is 0.548. The molecule has 0 N–H and O–H groups in total. The SMILES string of the molecule is Cc1cccc(CN2CCN(C(=O)c3cccc(S(=O)(=O)N4CCc5ccccc5C4)c3)CC2)c1. The predicted molar refractivity (Wildman–Crippen MR) is 137 cm³/mol. The molecular weight excluding hydrogens is 458 g/mol. The Balaban J connectivity index is 1.25. The number of sulfonamides is 1. The van der Waals surface area contributed by atoms with Gasteiger partial charge in [-0.25, -0.2) is 8.42 Å². The minimum atomic E-state index is -3.68. The van der Waals surface area contributed by atoms with Crippen LogP contribution in [0, 0.1) is 6.92 Å². The monoisotopic (exact) mass is 489 g/mol. The number of amides is 1. The molecule has 2 aliphatic rings. The maximum absolute atomic E-state index is 13.4. The summed E-state index contributed by atoms with van der Waals surface area (Å²) in [6, 6.07) is 23.0. The molecule has 7 heteroatoms. The van der Waals surface area contributed by atoms with Crippen molar-refractivity contribution in [2.45, 2.75) is 31.3 Å². The van der Waals surface area contributed by atoms with Crippen LogP contribution in [0.25, 0.3) is 0 Å². The van der Waals surface area contributed by atoms with Gasteiger partial charge >= 0.3 is 0 Å². The topological polar surface area (TPSA) is 60.9 Å². The van der Waals surface area contributed by atoms with E-state index in [9.17, 15) is 13.2 Å². The Labute approximate surface area is 207 Å². The third-order valence-corrected chi connectivity index (χ3v) is 8.80. The molecule has 1 fully saturated rings. The summed E-state index contributed by atoms with van der Waals surface area (Å²) in [6.07, 6.45) is 0.695. The van der Waals surface area contributed by atoms with E-state index in [1.165, 1.54) is 27.1 Å². The molecule has 2 heterocycles. The molecule has 6 nitrogen and oxygen atoms in total. The van der Waals surface area contributed by atoms with Gasteiger partial charge in [0.05, 0.1) is 4.90 Å². The van der Waals surface area contributed by atoms with Crippen molar-refractivity contribution >= 4 is 15.9 Å². The van der Waals surface area contributed by atoms with Crippen LogP contribution in [-0.4, -0.2) is 61.2 Å². The summed E-state index contributed by atoms with van der Waals surface area (Å²) in [5.41, 5.74) is 5.20. The van der Waals surface area contributed by atoms with E-state index < -0.39 is 10.0 Å². The van der Waals surface area contributed by atoms with Crippen LogP contribution in [0.2, 0.25) is 0 Å². The fraction of sp³-hybridized carbons (Fsp3) is 0.321. The van der Waals surface area contributed by atoms with E-state index in [1.54, 1.807) is 18.2 Å². The summed E-state index contributed by atoms with van der Waals surface area (Å²) in [5, 5.41) is 0. The van der Waals surface area contributed by atoms with Crippen LogP contribution in [0.15, 0.2) is 77.7 Å². The molecule has 3 aromatic rings. The Morgan fingerprint density at radius 1 is 0.829 bits per heavy atom. The molecule has 182 valence electrons. The first kappa shape index (κ1) is 23.7. The van der Waals surface area contributed by atoms with Crippen molar-refractivity contribution in [2.75, 3.05) is 32.7 Å². The van der Waals surface area contributed by atoms with E-state index >= 15 is 0 Å². The van der Waals surface area contributed by atoms with E-state index in [-0.39, 0.29) is 10.8 Å². The van der Waals surface area contributed by atoms with E-state index in [0.29, 0.717) is 38.2 Å². The lowest BCUT2D eigenvalue weighted by Gasteiger charge is -2.35. The molecule has 2 aliphatic heterocycles. The van der Waals surface area contributed by atoms with Gasteiger partial charge in [0, 0.05) is 51.4 Å². The molecule has 1 saturated heterocycles. The summed E-state index contributed by atoms with van der Waals surface area (Å²) in [5.74, 6) is -0.110. The molecule has 3 aromatic carbocycles. The van der Waals surface area contributed by atoms with Crippen LogP contribution < -0.4 is 0 Å². The lowest BCUT2D eigenvalue weighted by atomic mass is 10.0. The van der Waals surface area contributed by atoms with Gasteiger partial charge < -0.3 is 4.90 Å². The third-order valence-electron chi connectivity index (χ3n) is 6.96. The van der Waals surface area contributed by atoms with Crippen molar-refractivity contribution in [3.8, 4) is 0 Å². The van der Waals surface area contributed by atoms with Crippen molar-refractivity contribution in [1.82, 2.24) is 14.1 Å². The number of fused-ring (bicyclic) bond motifs is 1. The molecule has 0 saturated carbocycles. The number of rotatable bonds is 5. The number of hydrogen-bond acceptors (Lipinski definition) is 4. The normalized spacial score (nSPS) is 17.2. The molecule has 0 spiro atoms. The average Bonchev–Trinajstić information content (AvgIpc) is 2.88. The Kier molecular flexibility index (Phi) is 6.73. The largest absolute Gasteiger partial charge is 0.336 e. The van der Waals surface area contributed by atoms with Crippen LogP contribution in [0.1, 0.15) is 32.6 Å². The van der Waals surface area contributed by atoms with Gasteiger partial charge in [-0.3, -0.25) is 9.69 Å². The van der Waals surface area contributed by atoms with E-state index in [1.807, 2.05) is 23.1 Å². The minimum Gasteiger partial charge on any atom is -0.336 e. The standard InChI is InChI=1S/C28H31N3O3S/c1-22-6-4-7-23(18-22)20-29-14-16-30(17-15-29)28(32)25-10-5-11-27(19-25)35(33,34)31-13-12-24-8-2-3-9-26(24)21-31/h2-11,18-19H,12-17,20-21H2,1H3. The van der Waals surface area contributed by atoms with Crippen LogP contribution in [-0.2, 0) is 29.5 Å². The predicted octanol–water partition coefficient (Wildman–Crippen LogP) is 3.70. The van der Waals surface area contributed by atoms with Crippen molar-refractivity contribution in [2.24, 2.45) is 0 Å². The highest BCUT2D eigenvalue weighted by Crippen LogP contribution is 2.25. The molecule has 0 unspecified atom stereocenters. The van der Waals surface area contributed by atoms with Crippen LogP contribution in [0.4, 0.5) is 0 Å². The van der Waals surface area contributed by atoms with E-state index in [2.05, 4.69) is 42.2 Å². The summed E-state index contributed by atoms with van der Waals surface area (Å²) in [6.45, 7) is 6.62. The van der Waals surface area contributed by atoms with Gasteiger partial charge in [-0.05, 0) is 48.2 Å². The molecule has 35 heavy (non-hydrogen) atoms. The number of carbonyl (C=O) groups excluding carboxylic acids is 1. The summed E-state index contributed by atoms with van der Waals surface area (Å²) in [4.78, 5) is 17.6. The molecule has 0 aliphatic carbocycles. The molecule has 1 amide bonds. The summed E-state index contributed by atoms with van der Waals surface area (Å²) < 4.78 is 28.3. The fourth-order valence-electron chi connectivity index (χ4n) is 4.97. The molecule has 0 aromatic heterocycles. The summed E-state index contributed by atoms with van der Waals surface area (Å²) in [7, 11) is -3.68. The van der Waals surface area contributed by atoms with E-state index in [4.69, 9.17) is 0 Å². The number of benzene rings is 3. The van der Waals surface area contributed by atoms with Gasteiger partial charge in [0.25, 0.3) is 5.91 Å². The van der Waals surface area contributed by atoms with Crippen LogP contribution in [0.5, 0.6) is 0 Å². The lowest BCUT2D eigenvalue weighted by molar-refractivity contribution is 0.0628. The van der Waals surface area contributed by atoms with Gasteiger partial charge in [0.1, 0.15) is 0 Å². The minimum absolute atomic E-state index is 0.110. The van der Waals surface area contributed by atoms with Gasteiger partial charge in [-0.2, -0.15) is 4.31 Å². The third kappa shape index (κ3) is 5.17.